The molecule has 0 radical (unpaired) electrons. The summed E-state index contributed by atoms with van der Waals surface area (Å²) in [4.78, 5) is 10.8. The fraction of sp³-hybridized carbons (Fsp3) is 0.167. The molecular formula is C12H9F3N2O2. The Kier molecular flexibility index (Phi) is 3.28. The van der Waals surface area contributed by atoms with Gasteiger partial charge >= 0.3 is 5.97 Å². The molecule has 1 aromatic heterocycles. The number of halogens is 3. The van der Waals surface area contributed by atoms with E-state index in [-0.39, 0.29) is 22.5 Å². The SMILES string of the molecule is Cn1nc(C(=O)O)cc1-c1cc(C(F)F)ccc1F. The summed E-state index contributed by atoms with van der Waals surface area (Å²) >= 11 is 0. The van der Waals surface area contributed by atoms with Gasteiger partial charge < -0.3 is 5.11 Å². The molecule has 0 unspecified atom stereocenters. The largest absolute Gasteiger partial charge is 0.476 e. The van der Waals surface area contributed by atoms with Crippen LogP contribution < -0.4 is 0 Å². The second-order valence-electron chi connectivity index (χ2n) is 3.88. The molecule has 1 heterocycles. The Bertz CT molecular complexity index is 638. The van der Waals surface area contributed by atoms with Crippen molar-refractivity contribution >= 4 is 5.97 Å². The van der Waals surface area contributed by atoms with Gasteiger partial charge in [-0.3, -0.25) is 4.68 Å². The highest BCUT2D eigenvalue weighted by Crippen LogP contribution is 2.28. The number of nitrogens with zero attached hydrogens (tertiary/aromatic N) is 2. The molecule has 0 saturated heterocycles. The van der Waals surface area contributed by atoms with Crippen LogP contribution in [0.3, 0.4) is 0 Å². The van der Waals surface area contributed by atoms with Crippen molar-refractivity contribution in [1.29, 1.82) is 0 Å². The summed E-state index contributed by atoms with van der Waals surface area (Å²) < 4.78 is 40.0. The van der Waals surface area contributed by atoms with Crippen LogP contribution in [0.1, 0.15) is 22.5 Å². The molecule has 1 N–H and O–H groups in total. The third-order valence-corrected chi connectivity index (χ3v) is 2.62. The van der Waals surface area contributed by atoms with Crippen LogP contribution in [0.25, 0.3) is 11.3 Å². The monoisotopic (exact) mass is 270 g/mol. The van der Waals surface area contributed by atoms with Crippen molar-refractivity contribution in [2.75, 3.05) is 0 Å². The molecule has 0 fully saturated rings. The first-order valence-corrected chi connectivity index (χ1v) is 5.25. The first-order chi connectivity index (χ1) is 8.90. The number of hydrogen-bond acceptors (Lipinski definition) is 2. The van der Waals surface area contributed by atoms with Gasteiger partial charge in [0.05, 0.1) is 5.69 Å². The number of carbonyl (C=O) groups is 1. The normalized spacial score (nSPS) is 11.0. The maximum atomic E-state index is 13.7. The highest BCUT2D eigenvalue weighted by atomic mass is 19.3. The summed E-state index contributed by atoms with van der Waals surface area (Å²) in [5.74, 6) is -1.99. The summed E-state index contributed by atoms with van der Waals surface area (Å²) in [6, 6.07) is 4.03. The molecule has 0 aliphatic heterocycles. The zero-order valence-corrected chi connectivity index (χ0v) is 9.77. The lowest BCUT2D eigenvalue weighted by Crippen LogP contribution is -2.00. The fourth-order valence-corrected chi connectivity index (χ4v) is 1.70. The average molecular weight is 270 g/mol. The highest BCUT2D eigenvalue weighted by Gasteiger charge is 2.17. The Hall–Kier alpha value is -2.31. The Morgan fingerprint density at radius 3 is 2.58 bits per heavy atom. The minimum absolute atomic E-state index is 0.111. The molecule has 0 amide bonds. The number of benzene rings is 1. The standard InChI is InChI=1S/C12H9F3N2O2/c1-17-10(5-9(16-17)12(18)19)7-4-6(11(14)15)2-3-8(7)13/h2-5,11H,1H3,(H,18,19). The second-order valence-corrected chi connectivity index (χ2v) is 3.88. The van der Waals surface area contributed by atoms with Gasteiger partial charge in [0.25, 0.3) is 6.43 Å². The van der Waals surface area contributed by atoms with E-state index in [2.05, 4.69) is 5.10 Å². The minimum atomic E-state index is -2.73. The van der Waals surface area contributed by atoms with Crippen molar-refractivity contribution in [3.05, 3.63) is 41.3 Å². The van der Waals surface area contributed by atoms with Crippen LogP contribution in [0.4, 0.5) is 13.2 Å². The smallest absolute Gasteiger partial charge is 0.356 e. The second kappa shape index (κ2) is 4.75. The number of aromatic nitrogens is 2. The van der Waals surface area contributed by atoms with Crippen LogP contribution in [-0.2, 0) is 7.05 Å². The number of aryl methyl sites for hydroxylation is 1. The molecule has 0 aliphatic carbocycles. The maximum Gasteiger partial charge on any atom is 0.356 e. The van der Waals surface area contributed by atoms with Gasteiger partial charge in [0.1, 0.15) is 5.82 Å². The van der Waals surface area contributed by atoms with Crippen molar-refractivity contribution in [3.8, 4) is 11.3 Å². The summed E-state index contributed by atoms with van der Waals surface area (Å²) in [5.41, 5.74) is -0.605. The van der Waals surface area contributed by atoms with Crippen LogP contribution in [0.2, 0.25) is 0 Å². The summed E-state index contributed by atoms with van der Waals surface area (Å²) in [7, 11) is 1.41. The van der Waals surface area contributed by atoms with Crippen molar-refractivity contribution < 1.29 is 23.1 Å². The summed E-state index contributed by atoms with van der Waals surface area (Å²) in [6.07, 6.45) is -2.73. The molecule has 100 valence electrons. The fourth-order valence-electron chi connectivity index (χ4n) is 1.70. The first-order valence-electron chi connectivity index (χ1n) is 5.25. The number of hydrogen-bond donors (Lipinski definition) is 1. The molecule has 0 saturated carbocycles. The molecule has 19 heavy (non-hydrogen) atoms. The molecule has 2 aromatic rings. The molecule has 7 heteroatoms. The number of rotatable bonds is 3. The van der Waals surface area contributed by atoms with Gasteiger partial charge in [0.2, 0.25) is 0 Å². The summed E-state index contributed by atoms with van der Waals surface area (Å²) in [6.45, 7) is 0. The molecule has 1 aromatic carbocycles. The third kappa shape index (κ3) is 2.44. The van der Waals surface area contributed by atoms with Crippen LogP contribution in [0.5, 0.6) is 0 Å². The molecule has 4 nitrogen and oxygen atoms in total. The van der Waals surface area contributed by atoms with E-state index in [1.54, 1.807) is 0 Å². The van der Waals surface area contributed by atoms with Gasteiger partial charge in [-0.15, -0.1) is 0 Å². The molecule has 0 bridgehead atoms. The quantitative estimate of drug-likeness (QED) is 0.933. The molecular weight excluding hydrogens is 261 g/mol. The zero-order chi connectivity index (χ0) is 14.2. The van der Waals surface area contributed by atoms with Crippen molar-refractivity contribution in [1.82, 2.24) is 9.78 Å². The van der Waals surface area contributed by atoms with E-state index < -0.39 is 18.2 Å². The molecule has 0 aliphatic rings. The van der Waals surface area contributed by atoms with Crippen LogP contribution in [0, 0.1) is 5.82 Å². The van der Waals surface area contributed by atoms with Gasteiger partial charge in [-0.2, -0.15) is 5.10 Å². The van der Waals surface area contributed by atoms with Gasteiger partial charge in [-0.1, -0.05) is 6.07 Å². The Balaban J connectivity index is 2.57. The van der Waals surface area contributed by atoms with E-state index in [0.717, 1.165) is 28.9 Å². The van der Waals surface area contributed by atoms with Crippen LogP contribution in [-0.4, -0.2) is 20.9 Å². The van der Waals surface area contributed by atoms with Gasteiger partial charge in [0, 0.05) is 18.2 Å². The Labute approximate surface area is 106 Å². The van der Waals surface area contributed by atoms with Gasteiger partial charge in [-0.25, -0.2) is 18.0 Å². The van der Waals surface area contributed by atoms with E-state index >= 15 is 0 Å². The number of aromatic carboxylic acids is 1. The van der Waals surface area contributed by atoms with Crippen molar-refractivity contribution in [3.63, 3.8) is 0 Å². The number of alkyl halides is 2. The van der Waals surface area contributed by atoms with E-state index in [4.69, 9.17) is 5.11 Å². The third-order valence-electron chi connectivity index (χ3n) is 2.62. The van der Waals surface area contributed by atoms with Crippen LogP contribution >= 0.6 is 0 Å². The first kappa shape index (κ1) is 13.1. The maximum absolute atomic E-state index is 13.7. The summed E-state index contributed by atoms with van der Waals surface area (Å²) in [5, 5.41) is 12.5. The average Bonchev–Trinajstić information content (AvgIpc) is 2.72. The topological polar surface area (TPSA) is 55.1 Å². The predicted molar refractivity (Wildman–Crippen MR) is 60.5 cm³/mol. The lowest BCUT2D eigenvalue weighted by molar-refractivity contribution is 0.0689. The molecule has 2 rings (SSSR count). The highest BCUT2D eigenvalue weighted by molar-refractivity contribution is 5.87. The van der Waals surface area contributed by atoms with E-state index in [1.807, 2.05) is 0 Å². The molecule has 0 atom stereocenters. The van der Waals surface area contributed by atoms with Crippen molar-refractivity contribution in [2.45, 2.75) is 6.43 Å². The van der Waals surface area contributed by atoms with E-state index in [9.17, 15) is 18.0 Å². The van der Waals surface area contributed by atoms with Crippen molar-refractivity contribution in [2.24, 2.45) is 7.05 Å². The zero-order valence-electron chi connectivity index (χ0n) is 9.77. The Morgan fingerprint density at radius 2 is 2.05 bits per heavy atom. The van der Waals surface area contributed by atoms with Crippen LogP contribution in [0.15, 0.2) is 24.3 Å². The number of carboxylic acid groups (broad SMARTS) is 1. The van der Waals surface area contributed by atoms with E-state index in [1.165, 1.54) is 7.05 Å². The van der Waals surface area contributed by atoms with E-state index in [0.29, 0.717) is 0 Å². The molecule has 0 spiro atoms. The predicted octanol–water partition coefficient (Wildman–Crippen LogP) is 2.86. The minimum Gasteiger partial charge on any atom is -0.476 e. The number of carboxylic acids is 1. The van der Waals surface area contributed by atoms with Gasteiger partial charge in [0.15, 0.2) is 5.69 Å². The Morgan fingerprint density at radius 1 is 1.37 bits per heavy atom. The lowest BCUT2D eigenvalue weighted by Gasteiger charge is -2.06. The lowest BCUT2D eigenvalue weighted by atomic mass is 10.1. The van der Waals surface area contributed by atoms with Gasteiger partial charge in [-0.05, 0) is 18.2 Å².